The molecule has 8 nitrogen and oxygen atoms in total. The predicted octanol–water partition coefficient (Wildman–Crippen LogP) is 7.01. The van der Waals surface area contributed by atoms with Crippen molar-refractivity contribution < 1.29 is 19.2 Å². The zero-order valence-corrected chi connectivity index (χ0v) is 23.4. The Balaban J connectivity index is 0.000000530. The minimum Gasteiger partial charge on any atom is -0.329 e. The van der Waals surface area contributed by atoms with Gasteiger partial charge >= 0.3 is 0 Å². The summed E-state index contributed by atoms with van der Waals surface area (Å²) in [6.07, 6.45) is 0.552. The van der Waals surface area contributed by atoms with E-state index >= 15 is 0 Å². The molecule has 5 aromatic carbocycles. The van der Waals surface area contributed by atoms with Crippen LogP contribution in [-0.4, -0.2) is 24.1 Å². The van der Waals surface area contributed by atoms with Gasteiger partial charge in [0.05, 0.1) is 0 Å². The maximum absolute atomic E-state index is 12.8. The Morgan fingerprint density at radius 2 is 0.860 bits per heavy atom. The molecular weight excluding hydrogens is 540 g/mol. The summed E-state index contributed by atoms with van der Waals surface area (Å²) in [5, 5.41) is 10.9. The highest BCUT2D eigenvalue weighted by Gasteiger charge is 2.12. The number of nitrogens with one attached hydrogen (secondary N) is 4. The van der Waals surface area contributed by atoms with Crippen LogP contribution in [0.15, 0.2) is 133 Å². The molecule has 0 fully saturated rings. The second kappa shape index (κ2) is 15.1. The summed E-state index contributed by atoms with van der Waals surface area (Å²) in [6, 6.07) is 38.9. The van der Waals surface area contributed by atoms with E-state index < -0.39 is 11.8 Å². The molecule has 8 heteroatoms. The van der Waals surface area contributed by atoms with Gasteiger partial charge in [-0.1, -0.05) is 72.3 Å². The lowest BCUT2D eigenvalue weighted by molar-refractivity contribution is -0.105. The van der Waals surface area contributed by atoms with E-state index in [0.29, 0.717) is 40.3 Å². The fourth-order valence-electron chi connectivity index (χ4n) is 3.96. The van der Waals surface area contributed by atoms with Crippen molar-refractivity contribution >= 4 is 46.9 Å². The molecular formula is C35H30N4O4. The molecule has 0 unspecified atom stereocenters. The first-order chi connectivity index (χ1) is 20.9. The second-order valence-corrected chi connectivity index (χ2v) is 9.39. The Morgan fingerprint density at radius 3 is 1.33 bits per heavy atom. The van der Waals surface area contributed by atoms with Crippen LogP contribution in [0, 0.1) is 6.92 Å². The molecule has 0 spiro atoms. The first kappa shape index (κ1) is 30.0. The molecule has 0 aromatic heterocycles. The molecule has 5 rings (SSSR count). The smallest absolute Gasteiger partial charge is 0.255 e. The molecule has 4 amide bonds. The zero-order chi connectivity index (χ0) is 30.4. The van der Waals surface area contributed by atoms with Gasteiger partial charge in [-0.05, 0) is 73.7 Å². The van der Waals surface area contributed by atoms with Gasteiger partial charge < -0.3 is 21.3 Å². The Kier molecular flexibility index (Phi) is 10.5. The first-order valence-corrected chi connectivity index (χ1v) is 13.4. The average molecular weight is 571 g/mol. The van der Waals surface area contributed by atoms with E-state index in [0.717, 1.165) is 0 Å². The number of hydrogen-bond donors (Lipinski definition) is 4. The number of carbonyl (C=O) groups excluding carboxylic acids is 4. The van der Waals surface area contributed by atoms with Crippen LogP contribution in [-0.2, 0) is 4.79 Å². The summed E-state index contributed by atoms with van der Waals surface area (Å²) < 4.78 is 0. The van der Waals surface area contributed by atoms with Crippen molar-refractivity contribution in [3.8, 4) is 0 Å². The van der Waals surface area contributed by atoms with E-state index in [4.69, 9.17) is 0 Å². The molecule has 0 radical (unpaired) electrons. The lowest BCUT2D eigenvalue weighted by Crippen LogP contribution is -2.16. The third kappa shape index (κ3) is 9.26. The van der Waals surface area contributed by atoms with E-state index in [2.05, 4.69) is 40.3 Å². The van der Waals surface area contributed by atoms with Gasteiger partial charge in [0.2, 0.25) is 6.41 Å². The van der Waals surface area contributed by atoms with Crippen LogP contribution in [0.3, 0.4) is 0 Å². The molecule has 0 aliphatic heterocycles. The molecule has 4 N–H and O–H groups in total. The maximum Gasteiger partial charge on any atom is 0.255 e. The lowest BCUT2D eigenvalue weighted by atomic mass is 10.1. The number of benzene rings is 5. The number of anilines is 4. The van der Waals surface area contributed by atoms with E-state index in [1.165, 1.54) is 11.6 Å². The van der Waals surface area contributed by atoms with Gasteiger partial charge in [0.1, 0.15) is 0 Å². The van der Waals surface area contributed by atoms with Crippen molar-refractivity contribution in [3.63, 3.8) is 0 Å². The van der Waals surface area contributed by atoms with E-state index in [1.807, 2.05) is 24.3 Å². The fourth-order valence-corrected chi connectivity index (χ4v) is 3.96. The summed E-state index contributed by atoms with van der Waals surface area (Å²) in [5.41, 5.74) is 4.48. The van der Waals surface area contributed by atoms with Crippen molar-refractivity contribution in [2.45, 2.75) is 6.92 Å². The van der Waals surface area contributed by atoms with Crippen LogP contribution in [0.1, 0.15) is 36.6 Å². The largest absolute Gasteiger partial charge is 0.329 e. The van der Waals surface area contributed by atoms with Crippen LogP contribution < -0.4 is 21.3 Å². The molecule has 43 heavy (non-hydrogen) atoms. The van der Waals surface area contributed by atoms with Crippen LogP contribution in [0.25, 0.3) is 0 Å². The third-order valence-electron chi connectivity index (χ3n) is 6.09. The third-order valence-corrected chi connectivity index (χ3v) is 6.09. The van der Waals surface area contributed by atoms with Crippen molar-refractivity contribution in [2.75, 3.05) is 21.3 Å². The molecule has 0 aliphatic carbocycles. The van der Waals surface area contributed by atoms with Crippen LogP contribution >= 0.6 is 0 Å². The number of amides is 4. The van der Waals surface area contributed by atoms with Gasteiger partial charge in [-0.2, -0.15) is 0 Å². The Morgan fingerprint density at radius 1 is 0.465 bits per heavy atom. The van der Waals surface area contributed by atoms with Crippen molar-refractivity contribution in [1.29, 1.82) is 0 Å². The molecule has 0 atom stereocenters. The predicted molar refractivity (Wildman–Crippen MR) is 170 cm³/mol. The van der Waals surface area contributed by atoms with Crippen molar-refractivity contribution in [1.82, 2.24) is 0 Å². The summed E-state index contributed by atoms with van der Waals surface area (Å²) in [6.45, 7) is 2.08. The SMILES string of the molecule is Cc1ccccc1.O=CNc1cccc(NC(=O)c2cccc(C(=O)Nc3cccc(NC(=O)c4ccccc4)c3)c2)c1. The number of hydrogen-bond acceptors (Lipinski definition) is 4. The highest BCUT2D eigenvalue weighted by molar-refractivity contribution is 6.09. The first-order valence-electron chi connectivity index (χ1n) is 13.4. The molecule has 0 heterocycles. The summed E-state index contributed by atoms with van der Waals surface area (Å²) in [5.74, 6) is -1.07. The van der Waals surface area contributed by atoms with Gasteiger partial charge in [-0.15, -0.1) is 0 Å². The summed E-state index contributed by atoms with van der Waals surface area (Å²) >= 11 is 0. The standard InChI is InChI=1S/C28H22N4O4.C7H8/c33-18-29-22-11-5-12-23(16-22)31-27(35)20-9-4-10-21(15-20)28(36)32-25-14-6-13-24(17-25)30-26(34)19-7-2-1-3-8-19;1-7-5-3-2-4-6-7/h1-18H,(H,29,33)(H,30,34)(H,31,35)(H,32,36);2-6H,1H3. The minimum absolute atomic E-state index is 0.259. The molecule has 0 saturated carbocycles. The summed E-state index contributed by atoms with van der Waals surface area (Å²) in [7, 11) is 0. The minimum atomic E-state index is -0.409. The Bertz CT molecular complexity index is 1710. The maximum atomic E-state index is 12.8. The zero-order valence-electron chi connectivity index (χ0n) is 23.4. The topological polar surface area (TPSA) is 116 Å². The van der Waals surface area contributed by atoms with Crippen LogP contribution in [0.2, 0.25) is 0 Å². The van der Waals surface area contributed by atoms with Gasteiger partial charge in [-0.3, -0.25) is 19.2 Å². The van der Waals surface area contributed by atoms with Gasteiger partial charge in [0.15, 0.2) is 0 Å². The highest BCUT2D eigenvalue weighted by atomic mass is 16.2. The number of carbonyl (C=O) groups is 4. The van der Waals surface area contributed by atoms with E-state index in [-0.39, 0.29) is 11.5 Å². The normalized spacial score (nSPS) is 9.88. The molecule has 214 valence electrons. The monoisotopic (exact) mass is 570 g/mol. The quantitative estimate of drug-likeness (QED) is 0.150. The Labute approximate surface area is 249 Å². The molecule has 0 bridgehead atoms. The van der Waals surface area contributed by atoms with Gasteiger partial charge in [-0.25, -0.2) is 0 Å². The highest BCUT2D eigenvalue weighted by Crippen LogP contribution is 2.19. The van der Waals surface area contributed by atoms with E-state index in [1.54, 1.807) is 91.0 Å². The number of aryl methyl sites for hydroxylation is 1. The average Bonchev–Trinajstić information content (AvgIpc) is 3.03. The van der Waals surface area contributed by atoms with Crippen molar-refractivity contribution in [2.24, 2.45) is 0 Å². The summed E-state index contributed by atoms with van der Waals surface area (Å²) in [4.78, 5) is 48.6. The Hall–Kier alpha value is -6.02. The van der Waals surface area contributed by atoms with Gasteiger partial charge in [0, 0.05) is 39.4 Å². The van der Waals surface area contributed by atoms with Crippen molar-refractivity contribution in [3.05, 3.63) is 156 Å². The lowest BCUT2D eigenvalue weighted by Gasteiger charge is -2.10. The number of rotatable bonds is 8. The molecule has 5 aromatic rings. The second-order valence-electron chi connectivity index (χ2n) is 9.39. The molecule has 0 aliphatic rings. The van der Waals surface area contributed by atoms with E-state index in [9.17, 15) is 19.2 Å². The fraction of sp³-hybridized carbons (Fsp3) is 0.0286. The van der Waals surface area contributed by atoms with Gasteiger partial charge in [0.25, 0.3) is 17.7 Å². The van der Waals surface area contributed by atoms with Crippen LogP contribution in [0.5, 0.6) is 0 Å². The van der Waals surface area contributed by atoms with Crippen LogP contribution in [0.4, 0.5) is 22.7 Å². The molecule has 0 saturated heterocycles.